The first-order valence-corrected chi connectivity index (χ1v) is 8.80. The third-order valence-electron chi connectivity index (χ3n) is 3.10. The quantitative estimate of drug-likeness (QED) is 0.402. The van der Waals surface area contributed by atoms with Crippen LogP contribution in [0.3, 0.4) is 0 Å². The fourth-order valence-corrected chi connectivity index (χ4v) is 1.87. The molecule has 0 heterocycles. The predicted molar refractivity (Wildman–Crippen MR) is 92.5 cm³/mol. The van der Waals surface area contributed by atoms with Crippen molar-refractivity contribution >= 4 is 0 Å². The van der Waals surface area contributed by atoms with Crippen LogP contribution in [0.25, 0.3) is 0 Å². The molecule has 0 amide bonds. The van der Waals surface area contributed by atoms with Crippen LogP contribution in [0, 0.1) is 5.92 Å². The Morgan fingerprint density at radius 2 is 1.23 bits per heavy atom. The number of ether oxygens (including phenoxy) is 3. The Morgan fingerprint density at radius 1 is 0.682 bits per heavy atom. The van der Waals surface area contributed by atoms with Crippen molar-refractivity contribution in [2.45, 2.75) is 46.6 Å². The summed E-state index contributed by atoms with van der Waals surface area (Å²) in [6.07, 6.45) is 2.53. The molecule has 0 aromatic rings. The first kappa shape index (κ1) is 21.8. The lowest BCUT2D eigenvalue weighted by atomic mass is 10.1. The summed E-state index contributed by atoms with van der Waals surface area (Å²) in [5.74, 6) is 0.797. The third-order valence-corrected chi connectivity index (χ3v) is 3.10. The minimum absolute atomic E-state index is 0.515. The fourth-order valence-electron chi connectivity index (χ4n) is 1.87. The largest absolute Gasteiger partial charge is 0.378 e. The highest BCUT2D eigenvalue weighted by molar-refractivity contribution is 4.51. The zero-order chi connectivity index (χ0) is 16.5. The lowest BCUT2D eigenvalue weighted by Gasteiger charge is -2.09. The van der Waals surface area contributed by atoms with Crippen molar-refractivity contribution in [2.75, 3.05) is 59.3 Å². The van der Waals surface area contributed by atoms with Crippen molar-refractivity contribution in [2.24, 2.45) is 5.92 Å². The summed E-state index contributed by atoms with van der Waals surface area (Å²) in [5.41, 5.74) is 0. The molecule has 0 bridgehead atoms. The van der Waals surface area contributed by atoms with Crippen LogP contribution in [0.2, 0.25) is 0 Å². The fraction of sp³-hybridized carbons (Fsp3) is 1.00. The summed E-state index contributed by atoms with van der Waals surface area (Å²) in [7, 11) is 0. The van der Waals surface area contributed by atoms with Gasteiger partial charge in [-0.25, -0.2) is 0 Å². The van der Waals surface area contributed by atoms with Gasteiger partial charge in [-0.3, -0.25) is 0 Å². The van der Waals surface area contributed by atoms with Gasteiger partial charge in [0, 0.05) is 19.1 Å². The van der Waals surface area contributed by atoms with Crippen molar-refractivity contribution in [3.8, 4) is 0 Å². The van der Waals surface area contributed by atoms with E-state index in [0.717, 1.165) is 38.8 Å². The van der Waals surface area contributed by atoms with E-state index in [1.54, 1.807) is 0 Å². The Morgan fingerprint density at radius 3 is 1.77 bits per heavy atom. The Hall–Kier alpha value is -0.200. The molecule has 0 atom stereocenters. The molecule has 0 unspecified atom stereocenters. The van der Waals surface area contributed by atoms with E-state index in [9.17, 15) is 0 Å². The number of nitrogens with one attached hydrogen (secondary N) is 2. The van der Waals surface area contributed by atoms with Gasteiger partial charge >= 0.3 is 0 Å². The average Bonchev–Trinajstić information content (AvgIpc) is 2.46. The monoisotopic (exact) mass is 318 g/mol. The molecule has 0 rings (SSSR count). The number of hydrogen-bond donors (Lipinski definition) is 2. The van der Waals surface area contributed by atoms with Crippen LogP contribution in [0.15, 0.2) is 0 Å². The highest BCUT2D eigenvalue weighted by Crippen LogP contribution is 2.01. The van der Waals surface area contributed by atoms with Gasteiger partial charge in [0.05, 0.1) is 39.6 Å². The van der Waals surface area contributed by atoms with Crippen molar-refractivity contribution in [3.63, 3.8) is 0 Å². The normalized spacial score (nSPS) is 11.7. The highest BCUT2D eigenvalue weighted by Gasteiger charge is 1.95. The molecule has 134 valence electrons. The van der Waals surface area contributed by atoms with Crippen LogP contribution < -0.4 is 10.6 Å². The first-order chi connectivity index (χ1) is 10.6. The zero-order valence-electron chi connectivity index (χ0n) is 15.2. The van der Waals surface area contributed by atoms with Crippen LogP contribution >= 0.6 is 0 Å². The predicted octanol–water partition coefficient (Wildman–Crippen LogP) is 2.06. The average molecular weight is 319 g/mol. The minimum Gasteiger partial charge on any atom is -0.378 e. The minimum atomic E-state index is 0.515. The summed E-state index contributed by atoms with van der Waals surface area (Å²) < 4.78 is 16.4. The maximum absolute atomic E-state index is 5.49. The molecule has 0 aromatic carbocycles. The second kappa shape index (κ2) is 17.2. The van der Waals surface area contributed by atoms with E-state index in [1.165, 1.54) is 12.8 Å². The smallest absolute Gasteiger partial charge is 0.0701 e. The molecular formula is C17H38N2O3. The van der Waals surface area contributed by atoms with Crippen molar-refractivity contribution < 1.29 is 14.2 Å². The van der Waals surface area contributed by atoms with E-state index in [-0.39, 0.29) is 0 Å². The van der Waals surface area contributed by atoms with Crippen LogP contribution in [0.1, 0.15) is 40.5 Å². The Labute approximate surface area is 137 Å². The van der Waals surface area contributed by atoms with E-state index in [0.29, 0.717) is 32.5 Å². The number of hydrogen-bond acceptors (Lipinski definition) is 5. The third kappa shape index (κ3) is 19.8. The molecule has 0 aromatic heterocycles. The first-order valence-electron chi connectivity index (χ1n) is 8.80. The summed E-state index contributed by atoms with van der Waals surface area (Å²) in [6.45, 7) is 15.8. The van der Waals surface area contributed by atoms with Gasteiger partial charge in [-0.15, -0.1) is 0 Å². The van der Waals surface area contributed by atoms with Gasteiger partial charge in [0.25, 0.3) is 0 Å². The molecule has 5 heteroatoms. The summed E-state index contributed by atoms with van der Waals surface area (Å²) in [4.78, 5) is 0. The Kier molecular flexibility index (Phi) is 17.0. The van der Waals surface area contributed by atoms with E-state index in [1.807, 2.05) is 0 Å². The van der Waals surface area contributed by atoms with Gasteiger partial charge in [-0.05, 0) is 25.3 Å². The van der Waals surface area contributed by atoms with E-state index in [2.05, 4.69) is 38.3 Å². The lowest BCUT2D eigenvalue weighted by molar-refractivity contribution is 0.0155. The molecule has 0 aliphatic carbocycles. The standard InChI is InChI=1S/C17H38N2O3/c1-16(2)6-5-7-18-8-10-20-12-14-22-15-13-21-11-9-19-17(3)4/h16-19H,5-15H2,1-4H3. The second-order valence-electron chi connectivity index (χ2n) is 6.23. The van der Waals surface area contributed by atoms with Gasteiger partial charge in [-0.1, -0.05) is 27.7 Å². The van der Waals surface area contributed by atoms with Crippen molar-refractivity contribution in [1.29, 1.82) is 0 Å². The summed E-state index contributed by atoms with van der Waals surface area (Å²) in [5, 5.41) is 6.69. The molecule has 0 fully saturated rings. The van der Waals surface area contributed by atoms with E-state index < -0.39 is 0 Å². The molecule has 22 heavy (non-hydrogen) atoms. The van der Waals surface area contributed by atoms with Gasteiger partial charge in [0.15, 0.2) is 0 Å². The van der Waals surface area contributed by atoms with Crippen LogP contribution in [0.4, 0.5) is 0 Å². The van der Waals surface area contributed by atoms with Crippen molar-refractivity contribution in [3.05, 3.63) is 0 Å². The molecule has 2 N–H and O–H groups in total. The maximum atomic E-state index is 5.49. The molecule has 0 saturated heterocycles. The van der Waals surface area contributed by atoms with Crippen LogP contribution in [0.5, 0.6) is 0 Å². The van der Waals surface area contributed by atoms with Crippen molar-refractivity contribution in [1.82, 2.24) is 10.6 Å². The number of rotatable bonds is 17. The van der Waals surface area contributed by atoms with Gasteiger partial charge < -0.3 is 24.8 Å². The molecule has 0 radical (unpaired) electrons. The zero-order valence-corrected chi connectivity index (χ0v) is 15.2. The molecule has 5 nitrogen and oxygen atoms in total. The summed E-state index contributed by atoms with van der Waals surface area (Å²) in [6, 6.07) is 0.515. The molecule has 0 saturated carbocycles. The Balaban J connectivity index is 2.97. The van der Waals surface area contributed by atoms with Crippen LogP contribution in [-0.4, -0.2) is 65.3 Å². The molecular weight excluding hydrogens is 280 g/mol. The summed E-state index contributed by atoms with van der Waals surface area (Å²) >= 11 is 0. The lowest BCUT2D eigenvalue weighted by Crippen LogP contribution is -2.27. The van der Waals surface area contributed by atoms with E-state index >= 15 is 0 Å². The highest BCUT2D eigenvalue weighted by atomic mass is 16.5. The maximum Gasteiger partial charge on any atom is 0.0701 e. The second-order valence-corrected chi connectivity index (χ2v) is 6.23. The van der Waals surface area contributed by atoms with Gasteiger partial charge in [-0.2, -0.15) is 0 Å². The molecule has 0 aliphatic rings. The van der Waals surface area contributed by atoms with E-state index in [4.69, 9.17) is 14.2 Å². The topological polar surface area (TPSA) is 51.8 Å². The SMILES string of the molecule is CC(C)CCCNCCOCCOCCOCCNC(C)C. The molecule has 0 aliphatic heterocycles. The van der Waals surface area contributed by atoms with Gasteiger partial charge in [0.1, 0.15) is 0 Å². The molecule has 0 spiro atoms. The van der Waals surface area contributed by atoms with Crippen LogP contribution in [-0.2, 0) is 14.2 Å². The Bertz CT molecular complexity index is 192. The van der Waals surface area contributed by atoms with Gasteiger partial charge in [0.2, 0.25) is 0 Å².